The van der Waals surface area contributed by atoms with Crippen LogP contribution in [0.15, 0.2) is 95.7 Å². The second-order valence-electron chi connectivity index (χ2n) is 11.0. The van der Waals surface area contributed by atoms with Gasteiger partial charge in [-0.2, -0.15) is 0 Å². The third-order valence-electron chi connectivity index (χ3n) is 7.65. The number of rotatable bonds is 11. The van der Waals surface area contributed by atoms with Crippen molar-refractivity contribution < 1.29 is 4.79 Å². The van der Waals surface area contributed by atoms with Gasteiger partial charge < -0.3 is 15.0 Å². The number of carbonyl (C=O) groups excluding carboxylic acids is 1. The van der Waals surface area contributed by atoms with Gasteiger partial charge in [-0.1, -0.05) is 86.7 Å². The van der Waals surface area contributed by atoms with Crippen LogP contribution in [-0.2, 0) is 4.79 Å². The molecule has 0 spiro atoms. The van der Waals surface area contributed by atoms with E-state index < -0.39 is 0 Å². The lowest BCUT2D eigenvalue weighted by atomic mass is 9.94. The van der Waals surface area contributed by atoms with Crippen molar-refractivity contribution in [3.63, 3.8) is 0 Å². The highest BCUT2D eigenvalue weighted by Gasteiger charge is 2.28. The molecule has 1 aliphatic carbocycles. The highest BCUT2D eigenvalue weighted by molar-refractivity contribution is 5.66. The molecular formula is C33H44N4O. The maximum absolute atomic E-state index is 12.4. The average Bonchev–Trinajstić information content (AvgIpc) is 3.10. The maximum Gasteiger partial charge on any atom is 0.133 e. The fourth-order valence-corrected chi connectivity index (χ4v) is 5.40. The minimum Gasteiger partial charge on any atom is -0.386 e. The van der Waals surface area contributed by atoms with Crippen molar-refractivity contribution in [3.8, 4) is 0 Å². The average molecular weight is 513 g/mol. The summed E-state index contributed by atoms with van der Waals surface area (Å²) in [5.74, 6) is 0.170. The topological polar surface area (TPSA) is 38.8 Å². The van der Waals surface area contributed by atoms with Crippen molar-refractivity contribution in [2.45, 2.75) is 19.9 Å². The molecule has 0 bridgehead atoms. The Hall–Kier alpha value is -2.99. The van der Waals surface area contributed by atoms with Crippen molar-refractivity contribution in [2.75, 3.05) is 59.9 Å². The van der Waals surface area contributed by atoms with Crippen molar-refractivity contribution in [3.05, 3.63) is 107 Å². The lowest BCUT2D eigenvalue weighted by Gasteiger charge is -2.40. The molecule has 2 aromatic rings. The van der Waals surface area contributed by atoms with Crippen LogP contribution in [0.1, 0.15) is 31.0 Å². The van der Waals surface area contributed by atoms with Crippen LogP contribution < -0.4 is 5.32 Å². The minimum absolute atomic E-state index is 0.232. The van der Waals surface area contributed by atoms with Gasteiger partial charge in [0.15, 0.2) is 0 Å². The lowest BCUT2D eigenvalue weighted by Crippen LogP contribution is -2.48. The van der Waals surface area contributed by atoms with Crippen LogP contribution >= 0.6 is 0 Å². The summed E-state index contributed by atoms with van der Waals surface area (Å²) in [6.07, 6.45) is 7.74. The number of allylic oxidation sites excluding steroid dienone is 5. The van der Waals surface area contributed by atoms with Crippen molar-refractivity contribution in [1.29, 1.82) is 0 Å². The number of benzene rings is 2. The molecule has 2 aliphatic rings. The zero-order valence-corrected chi connectivity index (χ0v) is 23.5. The molecule has 1 fully saturated rings. The monoisotopic (exact) mass is 512 g/mol. The minimum atomic E-state index is -0.232. The SMILES string of the molecule is CC(C)C1=CC=C(CN2CCN(C(c3ccccc3)c3ccccc3)CC2)C(C=O)C(NCCN(C)C)=C1. The molecule has 1 atom stereocenters. The smallest absolute Gasteiger partial charge is 0.133 e. The molecule has 0 amide bonds. The number of hydrogen-bond acceptors (Lipinski definition) is 5. The van der Waals surface area contributed by atoms with Crippen LogP contribution in [-0.4, -0.2) is 80.9 Å². The van der Waals surface area contributed by atoms with Crippen LogP contribution in [0.3, 0.4) is 0 Å². The molecule has 5 nitrogen and oxygen atoms in total. The summed E-state index contributed by atoms with van der Waals surface area (Å²) in [5, 5.41) is 3.58. The Morgan fingerprint density at radius 3 is 2.05 bits per heavy atom. The Kier molecular flexibility index (Phi) is 10.1. The second-order valence-corrected chi connectivity index (χ2v) is 11.0. The molecule has 1 saturated heterocycles. The van der Waals surface area contributed by atoms with E-state index in [-0.39, 0.29) is 12.0 Å². The quantitative estimate of drug-likeness (QED) is 0.439. The van der Waals surface area contributed by atoms with E-state index in [1.54, 1.807) is 0 Å². The van der Waals surface area contributed by atoms with Gasteiger partial charge >= 0.3 is 0 Å². The highest BCUT2D eigenvalue weighted by Crippen LogP contribution is 2.30. The first-order valence-corrected chi connectivity index (χ1v) is 14.0. The zero-order valence-electron chi connectivity index (χ0n) is 23.5. The van der Waals surface area contributed by atoms with Crippen LogP contribution in [0.5, 0.6) is 0 Å². The fraction of sp³-hybridized carbons (Fsp3) is 0.424. The van der Waals surface area contributed by atoms with Crippen LogP contribution in [0.2, 0.25) is 0 Å². The Balaban J connectivity index is 1.47. The summed E-state index contributed by atoms with van der Waals surface area (Å²) in [5.41, 5.74) is 6.14. The molecule has 1 aliphatic heterocycles. The molecule has 1 heterocycles. The molecule has 4 rings (SSSR count). The van der Waals surface area contributed by atoms with E-state index in [0.29, 0.717) is 5.92 Å². The summed E-state index contributed by atoms with van der Waals surface area (Å²) in [4.78, 5) is 19.7. The Morgan fingerprint density at radius 1 is 0.921 bits per heavy atom. The Bertz CT molecular complexity index is 1070. The number of hydrogen-bond donors (Lipinski definition) is 1. The molecule has 202 valence electrons. The largest absolute Gasteiger partial charge is 0.386 e. The predicted octanol–water partition coefficient (Wildman–Crippen LogP) is 4.77. The predicted molar refractivity (Wildman–Crippen MR) is 158 cm³/mol. The maximum atomic E-state index is 12.4. The van der Waals surface area contributed by atoms with Crippen molar-refractivity contribution in [1.82, 2.24) is 20.0 Å². The lowest BCUT2D eigenvalue weighted by molar-refractivity contribution is -0.109. The van der Waals surface area contributed by atoms with Crippen molar-refractivity contribution >= 4 is 6.29 Å². The third-order valence-corrected chi connectivity index (χ3v) is 7.65. The van der Waals surface area contributed by atoms with Crippen molar-refractivity contribution in [2.24, 2.45) is 11.8 Å². The fourth-order valence-electron chi connectivity index (χ4n) is 5.40. The van der Waals surface area contributed by atoms with E-state index in [1.807, 2.05) is 0 Å². The van der Waals surface area contributed by atoms with Gasteiger partial charge in [-0.3, -0.25) is 9.80 Å². The molecule has 0 saturated carbocycles. The second kappa shape index (κ2) is 13.7. The molecule has 2 aromatic carbocycles. The molecule has 0 aromatic heterocycles. The van der Waals surface area contributed by atoms with Gasteiger partial charge in [-0.15, -0.1) is 0 Å². The zero-order chi connectivity index (χ0) is 26.9. The van der Waals surface area contributed by atoms with Crippen LogP contribution in [0.4, 0.5) is 0 Å². The van der Waals surface area contributed by atoms with Crippen LogP contribution in [0.25, 0.3) is 0 Å². The third kappa shape index (κ3) is 7.31. The first-order valence-electron chi connectivity index (χ1n) is 14.0. The first kappa shape index (κ1) is 28.0. The molecule has 0 radical (unpaired) electrons. The van der Waals surface area contributed by atoms with Gasteiger partial charge in [-0.25, -0.2) is 0 Å². The Labute approximate surface area is 229 Å². The molecular weight excluding hydrogens is 468 g/mol. The van der Waals surface area contributed by atoms with E-state index in [4.69, 9.17) is 0 Å². The first-order chi connectivity index (χ1) is 18.5. The van der Waals surface area contributed by atoms with Gasteiger partial charge in [0.25, 0.3) is 0 Å². The van der Waals surface area contributed by atoms with Gasteiger partial charge in [-0.05, 0) is 48.4 Å². The molecule has 1 N–H and O–H groups in total. The molecule has 1 unspecified atom stereocenters. The van der Waals surface area contributed by atoms with E-state index in [9.17, 15) is 4.79 Å². The number of likely N-dealkylation sites (N-methyl/N-ethyl adjacent to an activating group) is 1. The standard InChI is InChI=1S/C33H44N4O/c1-26(2)29-15-16-30(31(25-38)32(23-29)34-17-18-35(3)4)24-36-19-21-37(22-20-36)33(27-11-7-5-8-12-27)28-13-9-6-10-14-28/h5-16,23,25-26,31,33-34H,17-22,24H2,1-4H3. The van der Waals surface area contributed by atoms with E-state index in [0.717, 1.165) is 57.8 Å². The van der Waals surface area contributed by atoms with Gasteiger partial charge in [0.2, 0.25) is 0 Å². The summed E-state index contributed by atoms with van der Waals surface area (Å²) >= 11 is 0. The number of nitrogens with zero attached hydrogens (tertiary/aromatic N) is 3. The van der Waals surface area contributed by atoms with E-state index in [2.05, 4.69) is 127 Å². The summed E-state index contributed by atoms with van der Waals surface area (Å²) in [7, 11) is 4.15. The number of carbonyl (C=O) groups is 1. The molecule has 5 heteroatoms. The number of nitrogens with one attached hydrogen (secondary N) is 1. The highest BCUT2D eigenvalue weighted by atomic mass is 16.1. The number of aldehydes is 1. The van der Waals surface area contributed by atoms with Gasteiger partial charge in [0, 0.05) is 51.5 Å². The van der Waals surface area contributed by atoms with Crippen LogP contribution in [0, 0.1) is 11.8 Å². The molecule has 38 heavy (non-hydrogen) atoms. The summed E-state index contributed by atoms with van der Waals surface area (Å²) < 4.78 is 0. The summed E-state index contributed by atoms with van der Waals surface area (Å²) in [6, 6.07) is 21.9. The van der Waals surface area contributed by atoms with Gasteiger partial charge in [0.05, 0.1) is 12.0 Å². The normalized spacial score (nSPS) is 19.2. The van der Waals surface area contributed by atoms with E-state index >= 15 is 0 Å². The van der Waals surface area contributed by atoms with E-state index in [1.165, 1.54) is 22.3 Å². The van der Waals surface area contributed by atoms with Gasteiger partial charge in [0.1, 0.15) is 6.29 Å². The summed E-state index contributed by atoms with van der Waals surface area (Å²) in [6.45, 7) is 10.9. The Morgan fingerprint density at radius 2 is 1.53 bits per heavy atom. The number of piperazine rings is 1.